The second-order valence-electron chi connectivity index (χ2n) is 9.43. The maximum absolute atomic E-state index is 14.3. The minimum absolute atomic E-state index is 0.0987. The lowest BCUT2D eigenvalue weighted by Crippen LogP contribution is -2.39. The molecule has 1 atom stereocenters. The van der Waals surface area contributed by atoms with Gasteiger partial charge >= 0.3 is 5.97 Å². The van der Waals surface area contributed by atoms with Gasteiger partial charge < -0.3 is 18.9 Å². The molecule has 5 rings (SSSR count). The normalized spacial score (nSPS) is 14.4. The number of carbonyl (C=O) groups excluding carboxylic acids is 1. The van der Waals surface area contributed by atoms with Crippen LogP contribution >= 0.6 is 34.5 Å². The first kappa shape index (κ1) is 31.3. The van der Waals surface area contributed by atoms with Crippen LogP contribution in [0.15, 0.2) is 76.2 Å². The number of rotatable bonds is 10. The van der Waals surface area contributed by atoms with Crippen molar-refractivity contribution in [2.45, 2.75) is 26.5 Å². The van der Waals surface area contributed by atoms with Crippen LogP contribution in [0.5, 0.6) is 17.2 Å². The first-order valence-electron chi connectivity index (χ1n) is 13.6. The second-order valence-corrected chi connectivity index (χ2v) is 11.3. The molecule has 0 bridgehead atoms. The summed E-state index contributed by atoms with van der Waals surface area (Å²) in [5, 5.41) is 0.507. The molecule has 0 spiro atoms. The van der Waals surface area contributed by atoms with Gasteiger partial charge in [0, 0.05) is 22.3 Å². The van der Waals surface area contributed by atoms with Crippen LogP contribution in [0.1, 0.15) is 36.6 Å². The first-order chi connectivity index (χ1) is 21.2. The molecule has 0 saturated carbocycles. The van der Waals surface area contributed by atoms with Gasteiger partial charge in [-0.25, -0.2) is 14.2 Å². The highest BCUT2D eigenvalue weighted by Crippen LogP contribution is 2.36. The zero-order chi connectivity index (χ0) is 31.4. The third kappa shape index (κ3) is 6.38. The van der Waals surface area contributed by atoms with Crippen LogP contribution in [-0.2, 0) is 16.1 Å². The minimum Gasteiger partial charge on any atom is -0.490 e. The Morgan fingerprint density at radius 1 is 1.05 bits per heavy atom. The Labute approximate surface area is 266 Å². The SMILES string of the molecule is CCOc1ccc([C@H]2C(C(=O)OC)=CN=c3s/c(=C/c4cc(Cl)cc(Cl)c4OCc4ccccc4F)c(=O)n32)cc1OCC. The minimum atomic E-state index is -0.865. The van der Waals surface area contributed by atoms with E-state index in [-0.39, 0.29) is 27.5 Å². The van der Waals surface area contributed by atoms with Crippen LogP contribution in [0.25, 0.3) is 6.08 Å². The van der Waals surface area contributed by atoms with E-state index in [1.54, 1.807) is 48.5 Å². The molecule has 1 aliphatic rings. The van der Waals surface area contributed by atoms with Gasteiger partial charge in [0.05, 0.1) is 41.5 Å². The number of halogens is 3. The van der Waals surface area contributed by atoms with Crippen molar-refractivity contribution in [2.75, 3.05) is 20.3 Å². The largest absolute Gasteiger partial charge is 0.490 e. The number of fused-ring (bicyclic) bond motifs is 1. The van der Waals surface area contributed by atoms with E-state index in [1.165, 1.54) is 30.0 Å². The maximum atomic E-state index is 14.3. The predicted octanol–water partition coefficient (Wildman–Crippen LogP) is 5.84. The second kappa shape index (κ2) is 13.7. The molecular weight excluding hydrogens is 630 g/mol. The van der Waals surface area contributed by atoms with Crippen molar-refractivity contribution < 1.29 is 28.1 Å². The van der Waals surface area contributed by atoms with Crippen molar-refractivity contribution in [2.24, 2.45) is 4.99 Å². The van der Waals surface area contributed by atoms with E-state index in [9.17, 15) is 14.0 Å². The van der Waals surface area contributed by atoms with E-state index in [4.69, 9.17) is 42.1 Å². The molecule has 1 aliphatic heterocycles. The van der Waals surface area contributed by atoms with Crippen molar-refractivity contribution in [3.63, 3.8) is 0 Å². The molecule has 2 heterocycles. The topological polar surface area (TPSA) is 88.4 Å². The molecular formula is C32H27Cl2FN2O6S. The van der Waals surface area contributed by atoms with Gasteiger partial charge in [-0.2, -0.15) is 0 Å². The highest BCUT2D eigenvalue weighted by molar-refractivity contribution is 7.07. The summed E-state index contributed by atoms with van der Waals surface area (Å²) in [5.41, 5.74) is 1.08. The summed E-state index contributed by atoms with van der Waals surface area (Å²) in [7, 11) is 1.26. The Kier molecular flexibility index (Phi) is 9.73. The van der Waals surface area contributed by atoms with Crippen LogP contribution in [0.3, 0.4) is 0 Å². The number of hydrogen-bond acceptors (Lipinski definition) is 8. The Bertz CT molecular complexity index is 1940. The summed E-state index contributed by atoms with van der Waals surface area (Å²) in [4.78, 5) is 31.7. The van der Waals surface area contributed by atoms with Gasteiger partial charge in [0.1, 0.15) is 18.2 Å². The number of nitrogens with zero attached hydrogens (tertiary/aromatic N) is 2. The molecule has 0 aliphatic carbocycles. The van der Waals surface area contributed by atoms with Gasteiger partial charge in [0.15, 0.2) is 16.3 Å². The number of aromatic nitrogens is 1. The summed E-state index contributed by atoms with van der Waals surface area (Å²) < 4.78 is 38.4. The van der Waals surface area contributed by atoms with Gasteiger partial charge in [-0.3, -0.25) is 9.36 Å². The number of methoxy groups -OCH3 is 1. The van der Waals surface area contributed by atoms with E-state index >= 15 is 0 Å². The third-order valence-electron chi connectivity index (χ3n) is 6.66. The van der Waals surface area contributed by atoms with E-state index < -0.39 is 23.4 Å². The number of esters is 1. The van der Waals surface area contributed by atoms with E-state index in [0.717, 1.165) is 11.3 Å². The standard InChI is InChI=1S/C32H27Cl2FN2O6S/c1-4-41-25-11-10-18(13-26(25)42-5-2)28-22(31(39)40-3)16-36-32-37(28)30(38)27(44-32)14-20-12-21(33)15-23(34)29(20)43-17-19-8-6-7-9-24(19)35/h6-16,28H,4-5,17H2,1-3H3/b27-14+/t28-/m0/s1. The maximum Gasteiger partial charge on any atom is 0.337 e. The monoisotopic (exact) mass is 656 g/mol. The molecule has 8 nitrogen and oxygen atoms in total. The molecule has 12 heteroatoms. The molecule has 0 N–H and O–H groups in total. The molecule has 0 amide bonds. The van der Waals surface area contributed by atoms with Crippen LogP contribution in [0.4, 0.5) is 4.39 Å². The zero-order valence-electron chi connectivity index (χ0n) is 23.9. The van der Waals surface area contributed by atoms with Crippen molar-refractivity contribution in [1.82, 2.24) is 4.57 Å². The van der Waals surface area contributed by atoms with E-state index in [2.05, 4.69) is 4.99 Å². The van der Waals surface area contributed by atoms with Crippen molar-refractivity contribution in [1.29, 1.82) is 0 Å². The summed E-state index contributed by atoms with van der Waals surface area (Å²) in [5.74, 6) is 0.182. The van der Waals surface area contributed by atoms with Gasteiger partial charge in [0.25, 0.3) is 5.56 Å². The van der Waals surface area contributed by atoms with Crippen molar-refractivity contribution in [3.05, 3.63) is 119 Å². The highest BCUT2D eigenvalue weighted by Gasteiger charge is 2.31. The molecule has 228 valence electrons. The van der Waals surface area contributed by atoms with Crippen LogP contribution in [-0.4, -0.2) is 30.9 Å². The zero-order valence-corrected chi connectivity index (χ0v) is 26.3. The lowest BCUT2D eigenvalue weighted by Gasteiger charge is -2.23. The Morgan fingerprint density at radius 3 is 2.52 bits per heavy atom. The quantitative estimate of drug-likeness (QED) is 0.199. The number of ether oxygens (including phenoxy) is 4. The molecule has 0 unspecified atom stereocenters. The number of benzene rings is 3. The Morgan fingerprint density at radius 2 is 1.80 bits per heavy atom. The van der Waals surface area contributed by atoms with Gasteiger partial charge in [-0.15, -0.1) is 0 Å². The molecule has 44 heavy (non-hydrogen) atoms. The van der Waals surface area contributed by atoms with Gasteiger partial charge in [0.2, 0.25) is 0 Å². The van der Waals surface area contributed by atoms with E-state index in [0.29, 0.717) is 51.2 Å². The number of thiazole rings is 1. The number of hydrogen-bond donors (Lipinski definition) is 0. The van der Waals surface area contributed by atoms with Crippen LogP contribution in [0, 0.1) is 5.82 Å². The lowest BCUT2D eigenvalue weighted by atomic mass is 9.97. The highest BCUT2D eigenvalue weighted by atomic mass is 35.5. The molecule has 0 fully saturated rings. The average Bonchev–Trinajstić information content (AvgIpc) is 3.32. The summed E-state index contributed by atoms with van der Waals surface area (Å²) >= 11 is 13.9. The molecule has 0 radical (unpaired) electrons. The lowest BCUT2D eigenvalue weighted by molar-refractivity contribution is -0.136. The predicted molar refractivity (Wildman–Crippen MR) is 167 cm³/mol. The summed E-state index contributed by atoms with van der Waals surface area (Å²) in [6.45, 7) is 4.43. The fraction of sp³-hybridized carbons (Fsp3) is 0.219. The molecule has 0 saturated heterocycles. The summed E-state index contributed by atoms with van der Waals surface area (Å²) in [6.07, 6.45) is 2.99. The third-order valence-corrected chi connectivity index (χ3v) is 8.16. The van der Waals surface area contributed by atoms with Gasteiger partial charge in [-0.1, -0.05) is 58.8 Å². The van der Waals surface area contributed by atoms with Crippen LogP contribution < -0.4 is 29.1 Å². The molecule has 3 aromatic carbocycles. The van der Waals surface area contributed by atoms with Gasteiger partial charge in [-0.05, 0) is 55.8 Å². The average molecular weight is 658 g/mol. The van der Waals surface area contributed by atoms with Crippen LogP contribution in [0.2, 0.25) is 10.0 Å². The van der Waals surface area contributed by atoms with E-state index in [1.807, 2.05) is 13.8 Å². The van der Waals surface area contributed by atoms with Crippen molar-refractivity contribution >= 4 is 46.6 Å². The Hall–Kier alpha value is -4.12. The number of carbonyl (C=O) groups is 1. The summed E-state index contributed by atoms with van der Waals surface area (Å²) in [6, 6.07) is 13.7. The molecule has 1 aromatic heterocycles. The first-order valence-corrected chi connectivity index (χ1v) is 15.2. The fourth-order valence-electron chi connectivity index (χ4n) is 4.73. The smallest absolute Gasteiger partial charge is 0.337 e. The fourth-order valence-corrected chi connectivity index (χ4v) is 6.26. The molecule has 4 aromatic rings. The van der Waals surface area contributed by atoms with Crippen molar-refractivity contribution in [3.8, 4) is 17.2 Å². The Balaban J connectivity index is 1.63.